The fourth-order valence-corrected chi connectivity index (χ4v) is 4.66. The van der Waals surface area contributed by atoms with Crippen LogP contribution < -0.4 is 0 Å². The highest BCUT2D eigenvalue weighted by Gasteiger charge is 2.35. The first-order valence-corrected chi connectivity index (χ1v) is 10.5. The van der Waals surface area contributed by atoms with Crippen molar-refractivity contribution in [2.45, 2.75) is 92.3 Å². The van der Waals surface area contributed by atoms with Gasteiger partial charge in [-0.15, -0.1) is 0 Å². The van der Waals surface area contributed by atoms with Crippen LogP contribution in [0, 0.1) is 13.8 Å². The van der Waals surface area contributed by atoms with Gasteiger partial charge in [-0.2, -0.15) is 0 Å². The number of carbonyl (C=O) groups excluding carboxylic acids is 3. The first kappa shape index (κ1) is 22.2. The summed E-state index contributed by atoms with van der Waals surface area (Å²) in [4.78, 5) is 40.1. The van der Waals surface area contributed by atoms with Crippen molar-refractivity contribution in [1.82, 2.24) is 9.47 Å². The van der Waals surface area contributed by atoms with E-state index in [1.807, 2.05) is 25.3 Å². The zero-order chi connectivity index (χ0) is 21.0. The lowest BCUT2D eigenvalue weighted by Crippen LogP contribution is -2.49. The van der Waals surface area contributed by atoms with Crippen molar-refractivity contribution in [3.63, 3.8) is 0 Å². The number of aromatic nitrogens is 1. The topological polar surface area (TPSA) is 68.6 Å². The second-order valence-electron chi connectivity index (χ2n) is 7.66. The van der Waals surface area contributed by atoms with Gasteiger partial charge >= 0.3 is 5.97 Å². The van der Waals surface area contributed by atoms with Crippen molar-refractivity contribution in [2.24, 2.45) is 0 Å². The summed E-state index contributed by atoms with van der Waals surface area (Å²) in [5.41, 5.74) is 2.37. The van der Waals surface area contributed by atoms with Crippen LogP contribution in [0.3, 0.4) is 0 Å². The maximum atomic E-state index is 13.5. The van der Waals surface area contributed by atoms with E-state index in [4.69, 9.17) is 4.74 Å². The first-order valence-electron chi connectivity index (χ1n) is 10.5. The molecular formula is C22H34N2O4. The predicted octanol–water partition coefficient (Wildman–Crippen LogP) is 4.05. The van der Waals surface area contributed by atoms with E-state index in [-0.39, 0.29) is 24.3 Å². The number of carbonyl (C=O) groups is 3. The lowest BCUT2D eigenvalue weighted by molar-refractivity contribution is -0.133. The summed E-state index contributed by atoms with van der Waals surface area (Å²) in [5.74, 6) is -0.579. The molecule has 1 saturated carbocycles. The van der Waals surface area contributed by atoms with Gasteiger partial charge in [-0.3, -0.25) is 9.59 Å². The Morgan fingerprint density at radius 1 is 1.14 bits per heavy atom. The molecule has 6 heteroatoms. The Labute approximate surface area is 168 Å². The summed E-state index contributed by atoms with van der Waals surface area (Å²) in [7, 11) is 0. The monoisotopic (exact) mass is 390 g/mol. The molecule has 0 bridgehead atoms. The standard InChI is InChI=1S/C22H34N2O4/c1-7-23-15(4)19(14(3)20(23)22(27)28-8-2)21(26)16(5)24(17(6)25)18-12-10-9-11-13-18/h16,18H,7-13H2,1-6H3. The fourth-order valence-electron chi connectivity index (χ4n) is 4.66. The second-order valence-corrected chi connectivity index (χ2v) is 7.66. The number of amides is 1. The molecule has 0 saturated heterocycles. The van der Waals surface area contributed by atoms with Crippen LogP contribution >= 0.6 is 0 Å². The summed E-state index contributed by atoms with van der Waals surface area (Å²) in [6, 6.07) is -0.440. The van der Waals surface area contributed by atoms with Crippen LogP contribution in [0.5, 0.6) is 0 Å². The van der Waals surface area contributed by atoms with Crippen molar-refractivity contribution in [3.8, 4) is 0 Å². The van der Waals surface area contributed by atoms with Gasteiger partial charge in [0.2, 0.25) is 5.91 Å². The van der Waals surface area contributed by atoms with E-state index in [1.54, 1.807) is 25.7 Å². The Morgan fingerprint density at radius 3 is 2.25 bits per heavy atom. The summed E-state index contributed by atoms with van der Waals surface area (Å²) in [6.07, 6.45) is 5.25. The van der Waals surface area contributed by atoms with E-state index in [0.29, 0.717) is 23.4 Å². The molecular weight excluding hydrogens is 356 g/mol. The third-order valence-electron chi connectivity index (χ3n) is 5.93. The van der Waals surface area contributed by atoms with Crippen LogP contribution in [0.4, 0.5) is 0 Å². The normalized spacial score (nSPS) is 15.9. The van der Waals surface area contributed by atoms with Gasteiger partial charge in [-0.25, -0.2) is 4.79 Å². The molecule has 1 aliphatic carbocycles. The summed E-state index contributed by atoms with van der Waals surface area (Å²) in [5, 5.41) is 0. The number of ether oxygens (including phenoxy) is 1. The van der Waals surface area contributed by atoms with Gasteiger partial charge in [0.15, 0.2) is 5.78 Å². The molecule has 1 aromatic rings. The van der Waals surface area contributed by atoms with Crippen molar-refractivity contribution in [2.75, 3.05) is 6.61 Å². The number of hydrogen-bond acceptors (Lipinski definition) is 4. The molecule has 0 aliphatic heterocycles. The number of Topliss-reactive ketones (excluding diaryl/α,β-unsaturated/α-hetero) is 1. The highest BCUT2D eigenvalue weighted by Crippen LogP contribution is 2.29. The molecule has 28 heavy (non-hydrogen) atoms. The molecule has 1 aliphatic rings. The third kappa shape index (κ3) is 4.15. The SMILES string of the molecule is CCOC(=O)c1c(C)c(C(=O)C(C)N(C(C)=O)C2CCCCC2)c(C)n1CC. The maximum Gasteiger partial charge on any atom is 0.355 e. The van der Waals surface area contributed by atoms with Crippen molar-refractivity contribution in [3.05, 3.63) is 22.5 Å². The lowest BCUT2D eigenvalue weighted by Gasteiger charge is -2.37. The summed E-state index contributed by atoms with van der Waals surface area (Å²) < 4.78 is 7.04. The molecule has 156 valence electrons. The maximum absolute atomic E-state index is 13.5. The highest BCUT2D eigenvalue weighted by atomic mass is 16.5. The van der Waals surface area contributed by atoms with Gasteiger partial charge < -0.3 is 14.2 Å². The predicted molar refractivity (Wildman–Crippen MR) is 109 cm³/mol. The first-order chi connectivity index (χ1) is 13.3. The molecule has 1 fully saturated rings. The molecule has 1 aromatic heterocycles. The van der Waals surface area contributed by atoms with E-state index in [9.17, 15) is 14.4 Å². The second kappa shape index (κ2) is 9.39. The van der Waals surface area contributed by atoms with Crippen LogP contribution in [-0.2, 0) is 16.1 Å². The zero-order valence-corrected chi connectivity index (χ0v) is 18.1. The number of hydrogen-bond donors (Lipinski definition) is 0. The number of ketones is 1. The Bertz CT molecular complexity index is 744. The minimum absolute atomic E-state index is 0.0661. The van der Waals surface area contributed by atoms with Gasteiger partial charge in [0, 0.05) is 30.8 Å². The Morgan fingerprint density at radius 2 is 1.75 bits per heavy atom. The minimum atomic E-state index is -0.555. The quantitative estimate of drug-likeness (QED) is 0.520. The Balaban J connectivity index is 2.43. The average Bonchev–Trinajstić information content (AvgIpc) is 2.91. The molecule has 2 rings (SSSR count). The zero-order valence-electron chi connectivity index (χ0n) is 18.1. The van der Waals surface area contributed by atoms with Crippen LogP contribution in [0.15, 0.2) is 0 Å². The van der Waals surface area contributed by atoms with E-state index in [0.717, 1.165) is 31.4 Å². The van der Waals surface area contributed by atoms with E-state index in [1.165, 1.54) is 6.42 Å². The van der Waals surface area contributed by atoms with Gasteiger partial charge in [0.25, 0.3) is 0 Å². The van der Waals surface area contributed by atoms with Crippen molar-refractivity contribution < 1.29 is 19.1 Å². The minimum Gasteiger partial charge on any atom is -0.461 e. The molecule has 0 aromatic carbocycles. The molecule has 1 atom stereocenters. The summed E-state index contributed by atoms with van der Waals surface area (Å²) in [6.45, 7) is 11.6. The largest absolute Gasteiger partial charge is 0.461 e. The molecule has 0 spiro atoms. The third-order valence-corrected chi connectivity index (χ3v) is 5.93. The van der Waals surface area contributed by atoms with Crippen molar-refractivity contribution >= 4 is 17.7 Å². The fraction of sp³-hybridized carbons (Fsp3) is 0.682. The van der Waals surface area contributed by atoms with Gasteiger partial charge in [0.05, 0.1) is 12.6 Å². The number of rotatable bonds is 7. The summed E-state index contributed by atoms with van der Waals surface area (Å²) >= 11 is 0. The van der Waals surface area contributed by atoms with Gasteiger partial charge in [0.1, 0.15) is 5.69 Å². The smallest absolute Gasteiger partial charge is 0.355 e. The number of esters is 1. The molecule has 1 unspecified atom stereocenters. The number of nitrogens with zero attached hydrogens (tertiary/aromatic N) is 2. The van der Waals surface area contributed by atoms with E-state index in [2.05, 4.69) is 0 Å². The Kier molecular flexibility index (Phi) is 7.44. The van der Waals surface area contributed by atoms with Crippen LogP contribution in [-0.4, -0.2) is 45.8 Å². The van der Waals surface area contributed by atoms with Gasteiger partial charge in [-0.05, 0) is 53.0 Å². The van der Waals surface area contributed by atoms with E-state index >= 15 is 0 Å². The molecule has 1 heterocycles. The van der Waals surface area contributed by atoms with Crippen LogP contribution in [0.25, 0.3) is 0 Å². The Hall–Kier alpha value is -2.11. The van der Waals surface area contributed by atoms with Crippen LogP contribution in [0.2, 0.25) is 0 Å². The lowest BCUT2D eigenvalue weighted by atomic mass is 9.91. The molecule has 6 nitrogen and oxygen atoms in total. The molecule has 0 radical (unpaired) electrons. The highest BCUT2D eigenvalue weighted by molar-refractivity contribution is 6.06. The van der Waals surface area contributed by atoms with Crippen molar-refractivity contribution in [1.29, 1.82) is 0 Å². The molecule has 0 N–H and O–H groups in total. The molecule has 1 amide bonds. The van der Waals surface area contributed by atoms with Gasteiger partial charge in [-0.1, -0.05) is 19.3 Å². The van der Waals surface area contributed by atoms with Crippen LogP contribution in [0.1, 0.15) is 91.9 Å². The van der Waals surface area contributed by atoms with E-state index < -0.39 is 12.0 Å². The average molecular weight is 391 g/mol.